The molecule has 1 aromatic carbocycles. The van der Waals surface area contributed by atoms with E-state index in [1.54, 1.807) is 0 Å². The zero-order valence-electron chi connectivity index (χ0n) is 8.01. The van der Waals surface area contributed by atoms with Gasteiger partial charge in [0.05, 0.1) is 5.71 Å². The first kappa shape index (κ1) is 9.33. The fourth-order valence-corrected chi connectivity index (χ4v) is 1.28. The van der Waals surface area contributed by atoms with Crippen LogP contribution in [-0.4, -0.2) is 15.7 Å². The highest BCUT2D eigenvalue weighted by atomic mass is 14.9. The highest BCUT2D eigenvalue weighted by Gasteiger charge is 2.09. The molecule has 1 aromatic heterocycles. The Hall–Kier alpha value is -2.23. The van der Waals surface area contributed by atoms with Gasteiger partial charge in [-0.1, -0.05) is 30.3 Å². The lowest BCUT2D eigenvalue weighted by atomic mass is 10.1. The van der Waals surface area contributed by atoms with E-state index < -0.39 is 0 Å². The van der Waals surface area contributed by atoms with Gasteiger partial charge >= 0.3 is 0 Å². The second kappa shape index (κ2) is 3.88. The Morgan fingerprint density at radius 3 is 2.40 bits per heavy atom. The van der Waals surface area contributed by atoms with E-state index in [2.05, 4.69) is 9.97 Å². The lowest BCUT2D eigenvalue weighted by Gasteiger charge is -2.04. The number of nitrogens with zero attached hydrogens (tertiary/aromatic N) is 2. The summed E-state index contributed by atoms with van der Waals surface area (Å²) in [6.07, 6.45) is 3.04. The summed E-state index contributed by atoms with van der Waals surface area (Å²) in [5.41, 5.74) is 7.14. The Kier molecular flexibility index (Phi) is 2.41. The lowest BCUT2D eigenvalue weighted by Crippen LogP contribution is -2.09. The lowest BCUT2D eigenvalue weighted by molar-refractivity contribution is 1.18. The largest absolute Gasteiger partial charge is 0.382 e. The molecule has 0 saturated heterocycles. The predicted molar refractivity (Wildman–Crippen MR) is 58.8 cm³/mol. The topological polar surface area (TPSA) is 75.7 Å². The molecule has 2 rings (SSSR count). The van der Waals surface area contributed by atoms with Crippen molar-refractivity contribution >= 4 is 11.5 Å². The van der Waals surface area contributed by atoms with Gasteiger partial charge in [-0.3, -0.25) is 5.41 Å². The van der Waals surface area contributed by atoms with Crippen LogP contribution in [0.4, 0.5) is 5.82 Å². The highest BCUT2D eigenvalue weighted by molar-refractivity contribution is 6.11. The van der Waals surface area contributed by atoms with Gasteiger partial charge in [-0.25, -0.2) is 9.97 Å². The number of benzene rings is 1. The van der Waals surface area contributed by atoms with Crippen LogP contribution >= 0.6 is 0 Å². The predicted octanol–water partition coefficient (Wildman–Crippen LogP) is 1.47. The fraction of sp³-hybridized carbons (Fsp3) is 0. The normalized spacial score (nSPS) is 9.87. The zero-order chi connectivity index (χ0) is 10.7. The summed E-state index contributed by atoms with van der Waals surface area (Å²) in [7, 11) is 0. The number of anilines is 1. The second-order valence-corrected chi connectivity index (χ2v) is 3.03. The molecular weight excluding hydrogens is 188 g/mol. The summed E-state index contributed by atoms with van der Waals surface area (Å²) in [5.74, 6) is 0.284. The van der Waals surface area contributed by atoms with Crippen molar-refractivity contribution in [2.45, 2.75) is 0 Å². The Balaban J connectivity index is 2.42. The molecule has 0 bridgehead atoms. The summed E-state index contributed by atoms with van der Waals surface area (Å²) in [4.78, 5) is 7.94. The minimum absolute atomic E-state index is 0.284. The Morgan fingerprint density at radius 2 is 1.73 bits per heavy atom. The van der Waals surface area contributed by atoms with Crippen molar-refractivity contribution in [3.63, 3.8) is 0 Å². The van der Waals surface area contributed by atoms with Crippen LogP contribution in [0.1, 0.15) is 11.3 Å². The molecule has 0 aliphatic heterocycles. The number of hydrogen-bond acceptors (Lipinski definition) is 4. The number of nitrogens with one attached hydrogen (secondary N) is 1. The molecule has 0 saturated carbocycles. The molecule has 0 aliphatic carbocycles. The molecule has 0 atom stereocenters. The smallest absolute Gasteiger partial charge is 0.151 e. The Labute approximate surface area is 87.3 Å². The standard InChI is InChI=1S/C11H10N4/c12-9(8-4-2-1-3-5-8)10-11(13)15-7-6-14-10/h1-7,12H,(H2,13,15). The SMILES string of the molecule is N=C(c1ccccc1)c1nccnc1N. The number of aromatic nitrogens is 2. The van der Waals surface area contributed by atoms with E-state index in [1.165, 1.54) is 12.4 Å². The second-order valence-electron chi connectivity index (χ2n) is 3.03. The van der Waals surface area contributed by atoms with Crippen LogP contribution in [0.15, 0.2) is 42.7 Å². The first-order valence-corrected chi connectivity index (χ1v) is 4.50. The Morgan fingerprint density at radius 1 is 1.07 bits per heavy atom. The average molecular weight is 198 g/mol. The fourth-order valence-electron chi connectivity index (χ4n) is 1.28. The number of nitrogen functional groups attached to an aromatic ring is 1. The summed E-state index contributed by atoms with van der Waals surface area (Å²) < 4.78 is 0. The maximum Gasteiger partial charge on any atom is 0.151 e. The maximum absolute atomic E-state index is 7.93. The van der Waals surface area contributed by atoms with Crippen molar-refractivity contribution in [1.29, 1.82) is 5.41 Å². The molecule has 1 heterocycles. The quantitative estimate of drug-likeness (QED) is 0.717. The summed E-state index contributed by atoms with van der Waals surface area (Å²) in [5, 5.41) is 7.93. The van der Waals surface area contributed by atoms with Crippen LogP contribution in [0.5, 0.6) is 0 Å². The first-order chi connectivity index (χ1) is 7.29. The summed E-state index contributed by atoms with van der Waals surface area (Å²) >= 11 is 0. The van der Waals surface area contributed by atoms with Crippen LogP contribution in [0.3, 0.4) is 0 Å². The minimum atomic E-state index is 0.284. The van der Waals surface area contributed by atoms with Crippen LogP contribution in [0.2, 0.25) is 0 Å². The molecule has 0 aliphatic rings. The summed E-state index contributed by atoms with van der Waals surface area (Å²) in [6.45, 7) is 0. The van der Waals surface area contributed by atoms with Crippen LogP contribution in [0.25, 0.3) is 0 Å². The highest BCUT2D eigenvalue weighted by Crippen LogP contribution is 2.10. The molecule has 4 heteroatoms. The van der Waals surface area contributed by atoms with Gasteiger partial charge in [0.1, 0.15) is 5.69 Å². The molecule has 2 aromatic rings. The third kappa shape index (κ3) is 1.83. The molecule has 3 N–H and O–H groups in total. The van der Waals surface area contributed by atoms with Gasteiger partial charge in [-0.15, -0.1) is 0 Å². The molecule has 0 unspecified atom stereocenters. The first-order valence-electron chi connectivity index (χ1n) is 4.50. The zero-order valence-corrected chi connectivity index (χ0v) is 8.01. The van der Waals surface area contributed by atoms with Crippen molar-refractivity contribution in [3.8, 4) is 0 Å². The van der Waals surface area contributed by atoms with E-state index in [9.17, 15) is 0 Å². The van der Waals surface area contributed by atoms with Gasteiger partial charge in [0.25, 0.3) is 0 Å². The monoisotopic (exact) mass is 198 g/mol. The molecule has 0 radical (unpaired) electrons. The van der Waals surface area contributed by atoms with Gasteiger partial charge in [0.15, 0.2) is 5.82 Å². The van der Waals surface area contributed by atoms with Crippen molar-refractivity contribution in [3.05, 3.63) is 54.0 Å². The number of hydrogen-bond donors (Lipinski definition) is 2. The van der Waals surface area contributed by atoms with E-state index in [-0.39, 0.29) is 5.82 Å². The molecule has 0 spiro atoms. The van der Waals surface area contributed by atoms with Gasteiger partial charge in [0, 0.05) is 18.0 Å². The van der Waals surface area contributed by atoms with E-state index >= 15 is 0 Å². The van der Waals surface area contributed by atoms with Crippen molar-refractivity contribution < 1.29 is 0 Å². The third-order valence-corrected chi connectivity index (χ3v) is 2.03. The number of rotatable bonds is 2. The van der Waals surface area contributed by atoms with Crippen molar-refractivity contribution in [2.75, 3.05) is 5.73 Å². The van der Waals surface area contributed by atoms with Gasteiger partial charge < -0.3 is 5.73 Å². The van der Waals surface area contributed by atoms with Crippen LogP contribution in [0, 0.1) is 5.41 Å². The van der Waals surface area contributed by atoms with Gasteiger partial charge in [-0.05, 0) is 0 Å². The Bertz CT molecular complexity index is 479. The number of nitrogens with two attached hydrogens (primary N) is 1. The molecule has 4 nitrogen and oxygen atoms in total. The van der Waals surface area contributed by atoms with Crippen LogP contribution < -0.4 is 5.73 Å². The van der Waals surface area contributed by atoms with Crippen molar-refractivity contribution in [2.24, 2.45) is 0 Å². The summed E-state index contributed by atoms with van der Waals surface area (Å²) in [6, 6.07) is 9.33. The molecule has 0 fully saturated rings. The molecule has 74 valence electrons. The van der Waals surface area contributed by atoms with E-state index in [0.717, 1.165) is 5.56 Å². The third-order valence-electron chi connectivity index (χ3n) is 2.03. The van der Waals surface area contributed by atoms with Gasteiger partial charge in [0.2, 0.25) is 0 Å². The van der Waals surface area contributed by atoms with Gasteiger partial charge in [-0.2, -0.15) is 0 Å². The molecule has 15 heavy (non-hydrogen) atoms. The van der Waals surface area contributed by atoms with E-state index in [4.69, 9.17) is 11.1 Å². The maximum atomic E-state index is 7.93. The van der Waals surface area contributed by atoms with Crippen LogP contribution in [-0.2, 0) is 0 Å². The van der Waals surface area contributed by atoms with E-state index in [0.29, 0.717) is 11.4 Å². The van der Waals surface area contributed by atoms with E-state index in [1.807, 2.05) is 30.3 Å². The molecule has 0 amide bonds. The van der Waals surface area contributed by atoms with Crippen molar-refractivity contribution in [1.82, 2.24) is 9.97 Å². The molecular formula is C11H10N4. The minimum Gasteiger partial charge on any atom is -0.382 e. The average Bonchev–Trinajstić information content (AvgIpc) is 2.30.